The van der Waals surface area contributed by atoms with Gasteiger partial charge in [-0.25, -0.2) is 9.18 Å². The lowest BCUT2D eigenvalue weighted by atomic mass is 10.0. The van der Waals surface area contributed by atoms with Gasteiger partial charge in [-0.3, -0.25) is 14.7 Å². The Hall–Kier alpha value is -2.39. The van der Waals surface area contributed by atoms with Gasteiger partial charge in [0.1, 0.15) is 17.0 Å². The lowest BCUT2D eigenvalue weighted by molar-refractivity contribution is -0.155. The van der Waals surface area contributed by atoms with Crippen molar-refractivity contribution in [3.63, 3.8) is 0 Å². The molecule has 7 nitrogen and oxygen atoms in total. The average Bonchev–Trinajstić information content (AvgIpc) is 3.13. The number of carbonyl (C=O) groups excluding carboxylic acids is 2. The van der Waals surface area contributed by atoms with E-state index in [0.717, 1.165) is 52.9 Å². The monoisotopic (exact) mass is 635 g/mol. The number of carbonyl (C=O) groups is 2. The van der Waals surface area contributed by atoms with Crippen molar-refractivity contribution < 1.29 is 23.5 Å². The van der Waals surface area contributed by atoms with Gasteiger partial charge in [0.2, 0.25) is 0 Å². The quantitative estimate of drug-likeness (QED) is 0.276. The van der Waals surface area contributed by atoms with E-state index in [4.69, 9.17) is 21.1 Å². The molecule has 216 valence electrons. The van der Waals surface area contributed by atoms with E-state index < -0.39 is 23.1 Å². The fourth-order valence-corrected chi connectivity index (χ4v) is 6.91. The van der Waals surface area contributed by atoms with Crippen LogP contribution in [-0.2, 0) is 20.7 Å². The van der Waals surface area contributed by atoms with E-state index in [1.165, 1.54) is 11.0 Å². The molecule has 40 heavy (non-hydrogen) atoms. The molecule has 10 heteroatoms. The first-order valence-corrected chi connectivity index (χ1v) is 14.8. The third-order valence-corrected chi connectivity index (χ3v) is 8.86. The van der Waals surface area contributed by atoms with Gasteiger partial charge in [-0.2, -0.15) is 0 Å². The molecule has 0 N–H and O–H groups in total. The highest BCUT2D eigenvalue weighted by molar-refractivity contribution is 9.10. The van der Waals surface area contributed by atoms with E-state index in [9.17, 15) is 9.59 Å². The maximum Gasteiger partial charge on any atom is 0.414 e. The van der Waals surface area contributed by atoms with E-state index >= 15 is 4.39 Å². The van der Waals surface area contributed by atoms with Gasteiger partial charge in [-0.1, -0.05) is 11.6 Å². The minimum atomic E-state index is -0.697. The SMILES string of the molecule is CN(C(=O)OC(C)(C)C)c1cc(F)c(Cl)c2c1Cc1ncc(Br)c(N3CCC4(C[C@H]4CC(=O)OC(C)(C)C)C3)c1-2. The van der Waals surface area contributed by atoms with Gasteiger partial charge in [0.25, 0.3) is 0 Å². The Kier molecular flexibility index (Phi) is 7.18. The number of anilines is 2. The van der Waals surface area contributed by atoms with Crippen LogP contribution >= 0.6 is 27.5 Å². The Morgan fingerprint density at radius 1 is 1.20 bits per heavy atom. The molecule has 2 aliphatic carbocycles. The third-order valence-electron chi connectivity index (χ3n) is 7.91. The number of nitrogens with zero attached hydrogens (tertiary/aromatic N) is 3. The molecule has 0 radical (unpaired) electrons. The Morgan fingerprint density at radius 3 is 2.52 bits per heavy atom. The van der Waals surface area contributed by atoms with E-state index in [-0.39, 0.29) is 22.3 Å². The standard InChI is InChI=1S/C30H36BrClFN3O4/c1-28(2,3)39-22(37)10-16-13-30(16)8-9-36(15-30)26-18(31)14-34-20-11-17-21(35(7)27(38)40-29(4,5)6)12-19(33)25(32)23(17)24(20)26/h12,14,16H,8-11,13,15H2,1-7H3/t16-,30?/m1/s1. The molecule has 1 saturated heterocycles. The van der Waals surface area contributed by atoms with Crippen molar-refractivity contribution in [1.82, 2.24) is 4.98 Å². The average molecular weight is 637 g/mol. The molecular weight excluding hydrogens is 601 g/mol. The van der Waals surface area contributed by atoms with Gasteiger partial charge in [0.05, 0.1) is 26.6 Å². The zero-order valence-electron chi connectivity index (χ0n) is 24.1. The molecule has 2 aromatic rings. The zero-order valence-corrected chi connectivity index (χ0v) is 26.4. The van der Waals surface area contributed by atoms with Crippen molar-refractivity contribution in [2.75, 3.05) is 29.9 Å². The summed E-state index contributed by atoms with van der Waals surface area (Å²) < 4.78 is 27.2. The molecule has 1 amide bonds. The van der Waals surface area contributed by atoms with Crippen LogP contribution in [0.1, 0.15) is 72.1 Å². The predicted molar refractivity (Wildman–Crippen MR) is 158 cm³/mol. The number of pyridine rings is 1. The molecule has 2 atom stereocenters. The molecule has 2 heterocycles. The van der Waals surface area contributed by atoms with Crippen LogP contribution in [0.2, 0.25) is 5.02 Å². The fraction of sp³-hybridized carbons (Fsp3) is 0.567. The summed E-state index contributed by atoms with van der Waals surface area (Å²) in [6.45, 7) is 12.6. The first kappa shape index (κ1) is 29.1. The summed E-state index contributed by atoms with van der Waals surface area (Å²) in [6, 6.07) is 1.29. The lowest BCUT2D eigenvalue weighted by Crippen LogP contribution is -2.34. The Balaban J connectivity index is 1.46. The molecule has 1 unspecified atom stereocenters. The number of esters is 1. The summed E-state index contributed by atoms with van der Waals surface area (Å²) >= 11 is 10.3. The number of amides is 1. The molecule has 3 aliphatic rings. The molecule has 1 spiro atoms. The van der Waals surface area contributed by atoms with Crippen LogP contribution < -0.4 is 9.80 Å². The van der Waals surface area contributed by atoms with E-state index in [2.05, 4.69) is 25.8 Å². The van der Waals surface area contributed by atoms with E-state index in [1.807, 2.05) is 20.8 Å². The number of ether oxygens (including phenoxy) is 2. The van der Waals surface area contributed by atoms with Crippen LogP contribution in [0.3, 0.4) is 0 Å². The number of fused-ring (bicyclic) bond motifs is 3. The first-order valence-electron chi connectivity index (χ1n) is 13.6. The van der Waals surface area contributed by atoms with Gasteiger partial charge < -0.3 is 14.4 Å². The predicted octanol–water partition coefficient (Wildman–Crippen LogP) is 7.53. The summed E-state index contributed by atoms with van der Waals surface area (Å²) in [5.74, 6) is -0.484. The summed E-state index contributed by atoms with van der Waals surface area (Å²) in [7, 11) is 1.58. The van der Waals surface area contributed by atoms with Gasteiger partial charge in [-0.15, -0.1) is 0 Å². The molecule has 0 bridgehead atoms. The van der Waals surface area contributed by atoms with Crippen molar-refractivity contribution in [2.24, 2.45) is 11.3 Å². The minimum absolute atomic E-state index is 0.0133. The van der Waals surface area contributed by atoms with Gasteiger partial charge in [0, 0.05) is 50.3 Å². The number of aromatic nitrogens is 1. The van der Waals surface area contributed by atoms with Crippen molar-refractivity contribution in [3.8, 4) is 11.1 Å². The maximum atomic E-state index is 15.3. The van der Waals surface area contributed by atoms with Gasteiger partial charge in [-0.05, 0) is 93.3 Å². The number of halogens is 3. The second-order valence-corrected chi connectivity index (χ2v) is 14.5. The highest BCUT2D eigenvalue weighted by Crippen LogP contribution is 2.62. The van der Waals surface area contributed by atoms with Crippen molar-refractivity contribution >= 4 is 51.0 Å². The molecule has 2 fully saturated rings. The third kappa shape index (κ3) is 5.43. The number of hydrogen-bond donors (Lipinski definition) is 0. The Labute approximate surface area is 248 Å². The van der Waals surface area contributed by atoms with Crippen LogP contribution in [0.25, 0.3) is 11.1 Å². The minimum Gasteiger partial charge on any atom is -0.460 e. The zero-order chi connectivity index (χ0) is 29.4. The fourth-order valence-electron chi connectivity index (χ4n) is 6.10. The molecule has 1 saturated carbocycles. The second kappa shape index (κ2) is 9.86. The van der Waals surface area contributed by atoms with Gasteiger partial charge in [0.15, 0.2) is 0 Å². The number of hydrogen-bond acceptors (Lipinski definition) is 6. The summed E-state index contributed by atoms with van der Waals surface area (Å²) in [6.07, 6.45) is 3.96. The largest absolute Gasteiger partial charge is 0.460 e. The number of benzene rings is 1. The van der Waals surface area contributed by atoms with E-state index in [1.54, 1.807) is 34.0 Å². The molecular formula is C30H36BrClFN3O4. The smallest absolute Gasteiger partial charge is 0.414 e. The first-order chi connectivity index (χ1) is 18.5. The van der Waals surface area contributed by atoms with Crippen molar-refractivity contribution in [1.29, 1.82) is 0 Å². The summed E-state index contributed by atoms with van der Waals surface area (Å²) in [5.41, 5.74) is 3.06. The molecule has 5 rings (SSSR count). The van der Waals surface area contributed by atoms with Crippen LogP contribution in [0.5, 0.6) is 0 Å². The normalized spacial score (nSPS) is 21.4. The summed E-state index contributed by atoms with van der Waals surface area (Å²) in [4.78, 5) is 33.7. The second-order valence-electron chi connectivity index (χ2n) is 13.3. The van der Waals surface area contributed by atoms with Gasteiger partial charge >= 0.3 is 12.1 Å². The van der Waals surface area contributed by atoms with Crippen LogP contribution in [-0.4, -0.2) is 48.4 Å². The summed E-state index contributed by atoms with van der Waals surface area (Å²) in [5, 5.41) is 0.0133. The Bertz CT molecular complexity index is 1400. The highest BCUT2D eigenvalue weighted by atomic mass is 79.9. The lowest BCUT2D eigenvalue weighted by Gasteiger charge is -2.27. The van der Waals surface area contributed by atoms with Crippen LogP contribution in [0.4, 0.5) is 20.6 Å². The maximum absolute atomic E-state index is 15.3. The van der Waals surface area contributed by atoms with Crippen molar-refractivity contribution in [2.45, 2.75) is 78.4 Å². The number of rotatable bonds is 4. The molecule has 1 aromatic heterocycles. The van der Waals surface area contributed by atoms with Crippen LogP contribution in [0, 0.1) is 17.2 Å². The molecule has 1 aliphatic heterocycles. The van der Waals surface area contributed by atoms with E-state index in [0.29, 0.717) is 24.1 Å². The molecule has 1 aromatic carbocycles. The van der Waals surface area contributed by atoms with Crippen LogP contribution in [0.15, 0.2) is 16.7 Å². The highest BCUT2D eigenvalue weighted by Gasteiger charge is 2.58. The Morgan fingerprint density at radius 2 is 1.88 bits per heavy atom. The van der Waals surface area contributed by atoms with Crippen molar-refractivity contribution in [3.05, 3.63) is 38.8 Å². The topological polar surface area (TPSA) is 72.0 Å².